The van der Waals surface area contributed by atoms with Crippen LogP contribution in [0, 0.1) is 18.6 Å². The topological polar surface area (TPSA) is 56.0 Å². The molecule has 0 fully saturated rings. The van der Waals surface area contributed by atoms with Gasteiger partial charge in [-0.15, -0.1) is 10.2 Å². The molecule has 0 bridgehead atoms. The second-order valence-corrected chi connectivity index (χ2v) is 6.78. The third-order valence-electron chi connectivity index (χ3n) is 3.55. The van der Waals surface area contributed by atoms with Crippen molar-refractivity contribution in [3.05, 3.63) is 65.2 Å². The van der Waals surface area contributed by atoms with E-state index < -0.39 is 22.7 Å². The fourth-order valence-electron chi connectivity index (χ4n) is 2.18. The molecule has 0 saturated carbocycles. The standard InChI is InChI=1S/C18H14F2N2O2S/c1-10-3-5-12(6-4-10)17-21-22-18(24-17)25-11(2)16(23)14-8-7-13(19)9-15(14)20/h3-9,11H,1-2H3. The predicted molar refractivity (Wildman–Crippen MR) is 90.5 cm³/mol. The van der Waals surface area contributed by atoms with E-state index in [2.05, 4.69) is 10.2 Å². The fourth-order valence-corrected chi connectivity index (χ4v) is 2.93. The first-order valence-electron chi connectivity index (χ1n) is 7.50. The van der Waals surface area contributed by atoms with E-state index in [4.69, 9.17) is 4.42 Å². The Morgan fingerprint density at radius 1 is 1.12 bits per heavy atom. The number of benzene rings is 2. The van der Waals surface area contributed by atoms with Crippen molar-refractivity contribution in [2.45, 2.75) is 24.3 Å². The monoisotopic (exact) mass is 360 g/mol. The Bertz CT molecular complexity index is 910. The van der Waals surface area contributed by atoms with Gasteiger partial charge in [0.05, 0.1) is 10.8 Å². The summed E-state index contributed by atoms with van der Waals surface area (Å²) in [5.74, 6) is -1.75. The summed E-state index contributed by atoms with van der Waals surface area (Å²) in [5, 5.41) is 7.41. The number of rotatable bonds is 5. The van der Waals surface area contributed by atoms with Crippen molar-refractivity contribution in [1.82, 2.24) is 10.2 Å². The van der Waals surface area contributed by atoms with Crippen LogP contribution in [0.1, 0.15) is 22.8 Å². The summed E-state index contributed by atoms with van der Waals surface area (Å²) in [6.07, 6.45) is 0. The first-order valence-corrected chi connectivity index (χ1v) is 8.38. The summed E-state index contributed by atoms with van der Waals surface area (Å²) in [4.78, 5) is 12.3. The second kappa shape index (κ2) is 7.14. The highest BCUT2D eigenvalue weighted by Gasteiger charge is 2.22. The van der Waals surface area contributed by atoms with Gasteiger partial charge in [0.2, 0.25) is 5.89 Å². The first-order chi connectivity index (χ1) is 11.9. The average Bonchev–Trinajstić information content (AvgIpc) is 3.03. The molecule has 0 spiro atoms. The summed E-state index contributed by atoms with van der Waals surface area (Å²) in [6, 6.07) is 10.4. The lowest BCUT2D eigenvalue weighted by Gasteiger charge is -2.08. The smallest absolute Gasteiger partial charge is 0.277 e. The zero-order valence-electron chi connectivity index (χ0n) is 13.5. The fraction of sp³-hybridized carbons (Fsp3) is 0.167. The minimum Gasteiger partial charge on any atom is -0.411 e. The molecule has 0 N–H and O–H groups in total. The zero-order chi connectivity index (χ0) is 18.0. The van der Waals surface area contributed by atoms with E-state index in [-0.39, 0.29) is 10.8 Å². The number of ketones is 1. The van der Waals surface area contributed by atoms with Crippen molar-refractivity contribution >= 4 is 17.5 Å². The zero-order valence-corrected chi connectivity index (χ0v) is 14.3. The summed E-state index contributed by atoms with van der Waals surface area (Å²) in [5.41, 5.74) is 1.71. The number of halogens is 2. The number of carbonyl (C=O) groups is 1. The van der Waals surface area contributed by atoms with Gasteiger partial charge in [-0.25, -0.2) is 8.78 Å². The minimum absolute atomic E-state index is 0.167. The van der Waals surface area contributed by atoms with Crippen molar-refractivity contribution < 1.29 is 18.0 Å². The number of hydrogen-bond donors (Lipinski definition) is 0. The van der Waals surface area contributed by atoms with Gasteiger partial charge in [-0.3, -0.25) is 4.79 Å². The molecule has 0 aliphatic heterocycles. The number of Topliss-reactive ketones (excluding diaryl/α,β-unsaturated/α-hetero) is 1. The van der Waals surface area contributed by atoms with Crippen LogP contribution in [-0.4, -0.2) is 21.2 Å². The molecule has 3 rings (SSSR count). The molecule has 0 amide bonds. The van der Waals surface area contributed by atoms with Crippen LogP contribution in [0.25, 0.3) is 11.5 Å². The number of nitrogens with zero attached hydrogens (tertiary/aromatic N) is 2. The van der Waals surface area contributed by atoms with Crippen LogP contribution in [0.3, 0.4) is 0 Å². The Balaban J connectivity index is 1.74. The summed E-state index contributed by atoms with van der Waals surface area (Å²) in [6.45, 7) is 3.58. The van der Waals surface area contributed by atoms with Crippen LogP contribution in [-0.2, 0) is 0 Å². The molecule has 0 aliphatic rings. The maximum Gasteiger partial charge on any atom is 0.277 e. The number of aryl methyl sites for hydroxylation is 1. The molecule has 1 unspecified atom stereocenters. The molecular formula is C18H14F2N2O2S. The van der Waals surface area contributed by atoms with Gasteiger partial charge >= 0.3 is 0 Å². The molecular weight excluding hydrogens is 346 g/mol. The maximum absolute atomic E-state index is 13.7. The molecule has 4 nitrogen and oxygen atoms in total. The van der Waals surface area contributed by atoms with E-state index in [1.54, 1.807) is 6.92 Å². The number of carbonyl (C=O) groups excluding carboxylic acids is 1. The molecule has 2 aromatic carbocycles. The summed E-state index contributed by atoms with van der Waals surface area (Å²) < 4.78 is 32.2. The van der Waals surface area contributed by atoms with Crippen LogP contribution in [0.5, 0.6) is 0 Å². The molecule has 0 saturated heterocycles. The van der Waals surface area contributed by atoms with Gasteiger partial charge in [0.15, 0.2) is 5.78 Å². The average molecular weight is 360 g/mol. The van der Waals surface area contributed by atoms with E-state index in [0.29, 0.717) is 12.0 Å². The number of aromatic nitrogens is 2. The number of hydrogen-bond acceptors (Lipinski definition) is 5. The van der Waals surface area contributed by atoms with E-state index in [1.165, 1.54) is 0 Å². The molecule has 1 aromatic heterocycles. The minimum atomic E-state index is -0.886. The van der Waals surface area contributed by atoms with Crippen molar-refractivity contribution in [2.75, 3.05) is 0 Å². The highest BCUT2D eigenvalue weighted by Crippen LogP contribution is 2.28. The lowest BCUT2D eigenvalue weighted by atomic mass is 10.1. The Hall–Kier alpha value is -2.54. The van der Waals surface area contributed by atoms with Crippen LogP contribution in [0.2, 0.25) is 0 Å². The lowest BCUT2D eigenvalue weighted by molar-refractivity contribution is 0.0989. The highest BCUT2D eigenvalue weighted by atomic mass is 32.2. The van der Waals surface area contributed by atoms with Gasteiger partial charge in [-0.1, -0.05) is 29.5 Å². The van der Waals surface area contributed by atoms with Gasteiger partial charge < -0.3 is 4.42 Å². The molecule has 3 aromatic rings. The van der Waals surface area contributed by atoms with Gasteiger partial charge in [0.1, 0.15) is 11.6 Å². The van der Waals surface area contributed by atoms with E-state index >= 15 is 0 Å². The maximum atomic E-state index is 13.7. The van der Waals surface area contributed by atoms with E-state index in [9.17, 15) is 13.6 Å². The van der Waals surface area contributed by atoms with Gasteiger partial charge in [0.25, 0.3) is 5.22 Å². The molecule has 128 valence electrons. The van der Waals surface area contributed by atoms with E-state index in [0.717, 1.165) is 35.0 Å². The molecule has 1 heterocycles. The third-order valence-corrected chi connectivity index (χ3v) is 4.48. The van der Waals surface area contributed by atoms with Crippen LogP contribution < -0.4 is 0 Å². The first kappa shape index (κ1) is 17.3. The van der Waals surface area contributed by atoms with Gasteiger partial charge in [0, 0.05) is 11.6 Å². The third kappa shape index (κ3) is 3.93. The molecule has 7 heteroatoms. The van der Waals surface area contributed by atoms with Crippen molar-refractivity contribution in [1.29, 1.82) is 0 Å². The van der Waals surface area contributed by atoms with Gasteiger partial charge in [-0.2, -0.15) is 0 Å². The Labute approximate surface area is 147 Å². The SMILES string of the molecule is Cc1ccc(-c2nnc(SC(C)C(=O)c3ccc(F)cc3F)o2)cc1. The molecule has 25 heavy (non-hydrogen) atoms. The predicted octanol–water partition coefficient (Wildman–Crippen LogP) is 4.69. The van der Waals surface area contributed by atoms with Crippen LogP contribution in [0.4, 0.5) is 8.78 Å². The molecule has 0 radical (unpaired) electrons. The molecule has 0 aliphatic carbocycles. The van der Waals surface area contributed by atoms with Crippen LogP contribution in [0.15, 0.2) is 52.1 Å². The normalized spacial score (nSPS) is 12.2. The van der Waals surface area contributed by atoms with Crippen molar-refractivity contribution in [3.63, 3.8) is 0 Å². The largest absolute Gasteiger partial charge is 0.411 e. The van der Waals surface area contributed by atoms with Gasteiger partial charge in [-0.05, 0) is 38.1 Å². The van der Waals surface area contributed by atoms with Crippen molar-refractivity contribution in [3.8, 4) is 11.5 Å². The summed E-state index contributed by atoms with van der Waals surface area (Å²) in [7, 11) is 0. The Morgan fingerprint density at radius 2 is 1.84 bits per heavy atom. The quantitative estimate of drug-likeness (QED) is 0.488. The Morgan fingerprint density at radius 3 is 2.52 bits per heavy atom. The Kier molecular flexibility index (Phi) is 4.94. The number of thioether (sulfide) groups is 1. The van der Waals surface area contributed by atoms with Crippen molar-refractivity contribution in [2.24, 2.45) is 0 Å². The summed E-state index contributed by atoms with van der Waals surface area (Å²) >= 11 is 1.03. The lowest BCUT2D eigenvalue weighted by Crippen LogP contribution is -2.15. The highest BCUT2D eigenvalue weighted by molar-refractivity contribution is 8.00. The van der Waals surface area contributed by atoms with E-state index in [1.807, 2.05) is 31.2 Å². The van der Waals surface area contributed by atoms with Crippen LogP contribution >= 0.6 is 11.8 Å². The second-order valence-electron chi connectivity index (χ2n) is 5.49. The molecule has 1 atom stereocenters.